The van der Waals surface area contributed by atoms with Crippen LogP contribution in [0.25, 0.3) is 0 Å². The summed E-state index contributed by atoms with van der Waals surface area (Å²) in [4.78, 5) is 18.9. The molecule has 0 bridgehead atoms. The standard InChI is InChI=1S/C18H27N7O2/c1-12-20-17(22-27-12)10-13-6-8-24(9-7-13)18(26)16-11-25(23-21-16)15-4-2-14(19)3-5-15/h11,13-15H,2-10,19H2,1H3. The Morgan fingerprint density at radius 2 is 1.96 bits per heavy atom. The first-order chi connectivity index (χ1) is 13.1. The van der Waals surface area contributed by atoms with Crippen molar-refractivity contribution in [2.75, 3.05) is 13.1 Å². The van der Waals surface area contributed by atoms with Crippen molar-refractivity contribution < 1.29 is 9.32 Å². The van der Waals surface area contributed by atoms with Gasteiger partial charge in [-0.15, -0.1) is 5.10 Å². The number of aromatic nitrogens is 5. The average Bonchev–Trinajstić information content (AvgIpc) is 3.32. The van der Waals surface area contributed by atoms with Gasteiger partial charge in [0.05, 0.1) is 12.2 Å². The summed E-state index contributed by atoms with van der Waals surface area (Å²) in [5, 5.41) is 12.3. The van der Waals surface area contributed by atoms with Crippen LogP contribution in [0, 0.1) is 12.8 Å². The molecule has 1 aliphatic heterocycles. The van der Waals surface area contributed by atoms with Gasteiger partial charge in [-0.1, -0.05) is 10.4 Å². The first-order valence-corrected chi connectivity index (χ1v) is 9.84. The number of hydrogen-bond donors (Lipinski definition) is 1. The quantitative estimate of drug-likeness (QED) is 0.863. The van der Waals surface area contributed by atoms with Gasteiger partial charge in [-0.25, -0.2) is 4.68 Å². The molecular formula is C18H27N7O2. The minimum atomic E-state index is -0.0254. The summed E-state index contributed by atoms with van der Waals surface area (Å²) in [6.45, 7) is 3.25. The van der Waals surface area contributed by atoms with Crippen molar-refractivity contribution in [3.05, 3.63) is 23.6 Å². The number of nitrogens with two attached hydrogens (primary N) is 1. The highest BCUT2D eigenvalue weighted by Crippen LogP contribution is 2.27. The topological polar surface area (TPSA) is 116 Å². The zero-order valence-corrected chi connectivity index (χ0v) is 15.8. The monoisotopic (exact) mass is 373 g/mol. The fourth-order valence-corrected chi connectivity index (χ4v) is 4.10. The second-order valence-electron chi connectivity index (χ2n) is 7.82. The number of carbonyl (C=O) groups is 1. The highest BCUT2D eigenvalue weighted by molar-refractivity contribution is 5.92. The van der Waals surface area contributed by atoms with Gasteiger partial charge < -0.3 is 15.2 Å². The summed E-state index contributed by atoms with van der Waals surface area (Å²) in [6, 6.07) is 0.603. The SMILES string of the molecule is Cc1nc(CC2CCN(C(=O)c3cn(C4CCC(N)CC4)nn3)CC2)no1. The van der Waals surface area contributed by atoms with Crippen LogP contribution in [-0.2, 0) is 6.42 Å². The molecule has 1 saturated heterocycles. The number of aryl methyl sites for hydroxylation is 1. The molecule has 2 fully saturated rings. The van der Waals surface area contributed by atoms with E-state index in [1.165, 1.54) is 0 Å². The predicted octanol–water partition coefficient (Wildman–Crippen LogP) is 1.51. The molecule has 2 N–H and O–H groups in total. The fraction of sp³-hybridized carbons (Fsp3) is 0.722. The number of likely N-dealkylation sites (tertiary alicyclic amines) is 1. The van der Waals surface area contributed by atoms with Crippen molar-refractivity contribution in [2.24, 2.45) is 11.7 Å². The molecule has 146 valence electrons. The van der Waals surface area contributed by atoms with Crippen molar-refractivity contribution in [1.29, 1.82) is 0 Å². The lowest BCUT2D eigenvalue weighted by atomic mass is 9.92. The molecule has 1 amide bonds. The Morgan fingerprint density at radius 1 is 1.22 bits per heavy atom. The van der Waals surface area contributed by atoms with E-state index in [1.807, 2.05) is 9.58 Å². The first kappa shape index (κ1) is 18.1. The van der Waals surface area contributed by atoms with Gasteiger partial charge in [0.1, 0.15) is 0 Å². The van der Waals surface area contributed by atoms with Gasteiger partial charge in [0.2, 0.25) is 5.89 Å². The van der Waals surface area contributed by atoms with E-state index in [4.69, 9.17) is 10.3 Å². The van der Waals surface area contributed by atoms with Crippen LogP contribution >= 0.6 is 0 Å². The van der Waals surface area contributed by atoms with E-state index < -0.39 is 0 Å². The van der Waals surface area contributed by atoms with E-state index >= 15 is 0 Å². The molecule has 9 heteroatoms. The summed E-state index contributed by atoms with van der Waals surface area (Å²) >= 11 is 0. The van der Waals surface area contributed by atoms with Gasteiger partial charge in [-0.2, -0.15) is 4.98 Å². The van der Waals surface area contributed by atoms with E-state index in [0.29, 0.717) is 29.6 Å². The summed E-state index contributed by atoms with van der Waals surface area (Å²) in [6.07, 6.45) is 8.49. The zero-order chi connectivity index (χ0) is 18.8. The third-order valence-corrected chi connectivity index (χ3v) is 5.79. The second-order valence-corrected chi connectivity index (χ2v) is 7.82. The van der Waals surface area contributed by atoms with Crippen LogP contribution in [0.4, 0.5) is 0 Å². The van der Waals surface area contributed by atoms with Gasteiger partial charge in [0.15, 0.2) is 11.5 Å². The van der Waals surface area contributed by atoms with Crippen LogP contribution in [0.2, 0.25) is 0 Å². The van der Waals surface area contributed by atoms with E-state index in [1.54, 1.807) is 13.1 Å². The molecule has 0 aromatic carbocycles. The molecule has 3 heterocycles. The summed E-state index contributed by atoms with van der Waals surface area (Å²) in [5.74, 6) is 1.81. The summed E-state index contributed by atoms with van der Waals surface area (Å²) < 4.78 is 6.88. The summed E-state index contributed by atoms with van der Waals surface area (Å²) in [5.41, 5.74) is 6.41. The molecule has 9 nitrogen and oxygen atoms in total. The molecule has 2 aromatic rings. The van der Waals surface area contributed by atoms with E-state index in [2.05, 4.69) is 20.5 Å². The number of carbonyl (C=O) groups excluding carboxylic acids is 1. The van der Waals surface area contributed by atoms with Crippen molar-refractivity contribution >= 4 is 5.91 Å². The number of amides is 1. The van der Waals surface area contributed by atoms with Crippen LogP contribution in [0.15, 0.2) is 10.7 Å². The van der Waals surface area contributed by atoms with Gasteiger partial charge in [-0.05, 0) is 44.4 Å². The molecule has 4 rings (SSSR count). The molecule has 0 atom stereocenters. The molecule has 0 spiro atoms. The van der Waals surface area contributed by atoms with Gasteiger partial charge in [0, 0.05) is 32.5 Å². The van der Waals surface area contributed by atoms with E-state index in [0.717, 1.165) is 63.9 Å². The Hall–Kier alpha value is -2.29. The molecule has 27 heavy (non-hydrogen) atoms. The molecule has 2 aliphatic rings. The highest BCUT2D eigenvalue weighted by Gasteiger charge is 2.27. The lowest BCUT2D eigenvalue weighted by molar-refractivity contribution is 0.0683. The van der Waals surface area contributed by atoms with Gasteiger partial charge in [0.25, 0.3) is 5.91 Å². The first-order valence-electron chi connectivity index (χ1n) is 9.84. The minimum Gasteiger partial charge on any atom is -0.340 e. The van der Waals surface area contributed by atoms with Gasteiger partial charge >= 0.3 is 0 Å². The lowest BCUT2D eigenvalue weighted by Gasteiger charge is -2.31. The Kier molecular flexibility index (Phi) is 5.20. The van der Waals surface area contributed by atoms with E-state index in [9.17, 15) is 4.79 Å². The molecule has 1 saturated carbocycles. The molecule has 0 unspecified atom stereocenters. The second kappa shape index (κ2) is 7.75. The van der Waals surface area contributed by atoms with Crippen LogP contribution in [0.1, 0.15) is 66.8 Å². The molecular weight excluding hydrogens is 346 g/mol. The predicted molar refractivity (Wildman–Crippen MR) is 96.9 cm³/mol. The Bertz CT molecular complexity index is 770. The summed E-state index contributed by atoms with van der Waals surface area (Å²) in [7, 11) is 0. The third kappa shape index (κ3) is 4.18. The van der Waals surface area contributed by atoms with E-state index in [-0.39, 0.29) is 5.91 Å². The smallest absolute Gasteiger partial charge is 0.276 e. The number of nitrogens with zero attached hydrogens (tertiary/aromatic N) is 6. The van der Waals surface area contributed by atoms with Crippen molar-refractivity contribution in [2.45, 2.75) is 64.0 Å². The Labute approximate surface area is 158 Å². The minimum absolute atomic E-state index is 0.0254. The van der Waals surface area contributed by atoms with Crippen molar-refractivity contribution in [1.82, 2.24) is 30.0 Å². The van der Waals surface area contributed by atoms with Crippen LogP contribution < -0.4 is 5.73 Å². The number of hydrogen-bond acceptors (Lipinski definition) is 7. The third-order valence-electron chi connectivity index (χ3n) is 5.79. The van der Waals surface area contributed by atoms with Gasteiger partial charge in [-0.3, -0.25) is 4.79 Å². The highest BCUT2D eigenvalue weighted by atomic mass is 16.5. The number of rotatable bonds is 4. The molecule has 0 radical (unpaired) electrons. The molecule has 2 aromatic heterocycles. The Morgan fingerprint density at radius 3 is 2.63 bits per heavy atom. The maximum absolute atomic E-state index is 12.8. The van der Waals surface area contributed by atoms with Crippen molar-refractivity contribution in [3.63, 3.8) is 0 Å². The Balaban J connectivity index is 1.30. The fourth-order valence-electron chi connectivity index (χ4n) is 4.10. The normalized spacial score (nSPS) is 24.3. The van der Waals surface area contributed by atoms with Crippen LogP contribution in [0.5, 0.6) is 0 Å². The maximum atomic E-state index is 12.8. The largest absolute Gasteiger partial charge is 0.340 e. The van der Waals surface area contributed by atoms with Crippen LogP contribution in [0.3, 0.4) is 0 Å². The zero-order valence-electron chi connectivity index (χ0n) is 15.8. The van der Waals surface area contributed by atoms with Crippen molar-refractivity contribution in [3.8, 4) is 0 Å². The average molecular weight is 373 g/mol. The van der Waals surface area contributed by atoms with Crippen LogP contribution in [-0.4, -0.2) is 55.1 Å². The lowest BCUT2D eigenvalue weighted by Crippen LogP contribution is -2.39. The molecule has 1 aliphatic carbocycles. The number of piperidine rings is 1. The maximum Gasteiger partial charge on any atom is 0.276 e.